The lowest BCUT2D eigenvalue weighted by Crippen LogP contribution is -2.27. The first-order chi connectivity index (χ1) is 14.6. The van der Waals surface area contributed by atoms with Gasteiger partial charge in [0.25, 0.3) is 0 Å². The van der Waals surface area contributed by atoms with Crippen molar-refractivity contribution in [3.63, 3.8) is 0 Å². The first-order valence-corrected chi connectivity index (χ1v) is 12.2. The van der Waals surface area contributed by atoms with Crippen LogP contribution in [0.2, 0.25) is 0 Å². The van der Waals surface area contributed by atoms with Crippen LogP contribution in [0, 0.1) is 5.92 Å². The Balaban J connectivity index is 1.82. The number of fused-ring (bicyclic) bond motifs is 5. The van der Waals surface area contributed by atoms with Gasteiger partial charge < -0.3 is 9.47 Å². The number of rotatable bonds is 6. The van der Waals surface area contributed by atoms with Crippen molar-refractivity contribution in [2.45, 2.75) is 78.2 Å². The fraction of sp³-hybridized carbons (Fsp3) is 0.593. The van der Waals surface area contributed by atoms with Crippen LogP contribution in [-0.2, 0) is 6.54 Å². The third-order valence-electron chi connectivity index (χ3n) is 7.53. The minimum Gasteiger partial charge on any atom is -0.339 e. The van der Waals surface area contributed by atoms with E-state index in [1.807, 2.05) is 6.07 Å². The Hall–Kier alpha value is -1.87. The summed E-state index contributed by atoms with van der Waals surface area (Å²) in [6.07, 6.45) is 14.3. The van der Waals surface area contributed by atoms with Gasteiger partial charge in [-0.25, -0.2) is 0 Å². The Morgan fingerprint density at radius 1 is 1.07 bits per heavy atom. The number of ketones is 1. The zero-order valence-corrected chi connectivity index (χ0v) is 19.1. The number of likely N-dealkylation sites (N-methyl/N-ethyl adjacent to an activating group) is 1. The molecule has 0 bridgehead atoms. The van der Waals surface area contributed by atoms with Crippen LogP contribution in [0.15, 0.2) is 24.3 Å². The van der Waals surface area contributed by atoms with E-state index in [1.165, 1.54) is 67.1 Å². The molecule has 1 fully saturated rings. The Morgan fingerprint density at radius 2 is 1.80 bits per heavy atom. The summed E-state index contributed by atoms with van der Waals surface area (Å²) < 4.78 is 2.53. The van der Waals surface area contributed by atoms with E-state index >= 15 is 0 Å². The second-order valence-corrected chi connectivity index (χ2v) is 9.24. The summed E-state index contributed by atoms with van der Waals surface area (Å²) in [5.41, 5.74) is 5.09. The normalized spacial score (nSPS) is 21.7. The van der Waals surface area contributed by atoms with E-state index < -0.39 is 0 Å². The average Bonchev–Trinajstić information content (AvgIpc) is 3.12. The molecule has 2 aliphatic carbocycles. The number of benzene rings is 1. The van der Waals surface area contributed by atoms with Crippen molar-refractivity contribution in [2.24, 2.45) is 5.92 Å². The summed E-state index contributed by atoms with van der Waals surface area (Å²) in [6.45, 7) is 10.4. The van der Waals surface area contributed by atoms with Crippen LogP contribution in [0.3, 0.4) is 0 Å². The minimum atomic E-state index is 0.166. The molecule has 1 saturated carbocycles. The second-order valence-electron chi connectivity index (χ2n) is 9.24. The molecule has 0 N–H and O–H groups in total. The molecule has 3 nitrogen and oxygen atoms in total. The molecular formula is C27H38N2O. The Bertz CT molecular complexity index is 919. The number of nitrogens with zero attached hydrogens (tertiary/aromatic N) is 2. The van der Waals surface area contributed by atoms with Gasteiger partial charge in [-0.1, -0.05) is 52.0 Å². The van der Waals surface area contributed by atoms with Gasteiger partial charge in [-0.05, 0) is 74.5 Å². The number of carbonyl (C=O) groups excluding carboxylic acids is 1. The molecule has 2 atom stereocenters. The zero-order valence-electron chi connectivity index (χ0n) is 19.1. The molecule has 0 saturated heterocycles. The Morgan fingerprint density at radius 3 is 2.53 bits per heavy atom. The third-order valence-corrected chi connectivity index (χ3v) is 7.53. The van der Waals surface area contributed by atoms with E-state index in [0.717, 1.165) is 31.7 Å². The van der Waals surface area contributed by atoms with Gasteiger partial charge in [0, 0.05) is 35.2 Å². The Labute approximate surface area is 182 Å². The van der Waals surface area contributed by atoms with Crippen molar-refractivity contribution in [2.75, 3.05) is 19.6 Å². The van der Waals surface area contributed by atoms with Crippen LogP contribution in [0.4, 0.5) is 0 Å². The highest BCUT2D eigenvalue weighted by Crippen LogP contribution is 2.45. The first-order valence-electron chi connectivity index (χ1n) is 12.2. The standard InChI is InChI=1S/C27H38N2O/c1-4-28(5-2)17-18-29-25-15-14-22(20(3)30)19-24(25)27-23-12-10-8-6-7-9-11-21(23)13-16-26(27)29/h13-16,19,21,23H,4-12,17-18H2,1-3H3. The van der Waals surface area contributed by atoms with Crippen LogP contribution >= 0.6 is 0 Å². The van der Waals surface area contributed by atoms with Gasteiger partial charge in [0.05, 0.1) is 0 Å². The quantitative estimate of drug-likeness (QED) is 0.501. The number of Topliss-reactive ketones (excluding diaryl/α,β-unsaturated/α-hetero) is 1. The molecule has 0 aliphatic heterocycles. The van der Waals surface area contributed by atoms with E-state index in [4.69, 9.17) is 0 Å². The molecule has 30 heavy (non-hydrogen) atoms. The lowest BCUT2D eigenvalue weighted by atomic mass is 9.76. The van der Waals surface area contributed by atoms with Crippen LogP contribution < -0.4 is 0 Å². The highest BCUT2D eigenvalue weighted by atomic mass is 16.1. The number of allylic oxidation sites excluding steroid dienone is 1. The fourth-order valence-corrected chi connectivity index (χ4v) is 5.70. The van der Waals surface area contributed by atoms with Crippen molar-refractivity contribution in [3.05, 3.63) is 41.1 Å². The maximum Gasteiger partial charge on any atom is 0.159 e. The SMILES string of the molecule is CCN(CC)CCn1c2c(c3cc(C(C)=O)ccc31)C1CCCCCCCC1C=C2. The molecule has 2 unspecified atom stereocenters. The predicted molar refractivity (Wildman–Crippen MR) is 127 cm³/mol. The van der Waals surface area contributed by atoms with E-state index in [1.54, 1.807) is 6.92 Å². The monoisotopic (exact) mass is 406 g/mol. The molecule has 162 valence electrons. The van der Waals surface area contributed by atoms with E-state index in [-0.39, 0.29) is 5.78 Å². The molecule has 0 amide bonds. The highest BCUT2D eigenvalue weighted by molar-refractivity contribution is 6.00. The van der Waals surface area contributed by atoms with E-state index in [9.17, 15) is 4.79 Å². The maximum absolute atomic E-state index is 12.2. The number of aromatic nitrogens is 1. The first kappa shape index (κ1) is 21.4. The lowest BCUT2D eigenvalue weighted by Gasteiger charge is -2.29. The molecule has 2 aliphatic rings. The third kappa shape index (κ3) is 4.14. The number of carbonyl (C=O) groups is 1. The molecule has 1 heterocycles. The van der Waals surface area contributed by atoms with Gasteiger partial charge in [0.1, 0.15) is 0 Å². The number of hydrogen-bond acceptors (Lipinski definition) is 2. The van der Waals surface area contributed by atoms with Gasteiger partial charge in [-0.2, -0.15) is 0 Å². The summed E-state index contributed by atoms with van der Waals surface area (Å²) in [7, 11) is 0. The van der Waals surface area contributed by atoms with Gasteiger partial charge in [-0.3, -0.25) is 4.79 Å². The molecule has 0 spiro atoms. The number of hydrogen-bond donors (Lipinski definition) is 0. The van der Waals surface area contributed by atoms with Crippen molar-refractivity contribution < 1.29 is 4.79 Å². The molecule has 3 heteroatoms. The van der Waals surface area contributed by atoms with Gasteiger partial charge in [0.15, 0.2) is 5.78 Å². The summed E-state index contributed by atoms with van der Waals surface area (Å²) >= 11 is 0. The fourth-order valence-electron chi connectivity index (χ4n) is 5.70. The van der Waals surface area contributed by atoms with Gasteiger partial charge in [-0.15, -0.1) is 0 Å². The topological polar surface area (TPSA) is 25.2 Å². The van der Waals surface area contributed by atoms with Crippen LogP contribution in [0.25, 0.3) is 17.0 Å². The summed E-state index contributed by atoms with van der Waals surface area (Å²) in [5.74, 6) is 1.42. The van der Waals surface area contributed by atoms with Gasteiger partial charge >= 0.3 is 0 Å². The van der Waals surface area contributed by atoms with Crippen LogP contribution in [0.5, 0.6) is 0 Å². The van der Waals surface area contributed by atoms with Crippen molar-refractivity contribution >= 4 is 22.8 Å². The second kappa shape index (κ2) is 9.51. The summed E-state index contributed by atoms with van der Waals surface area (Å²) in [4.78, 5) is 14.7. The molecular weight excluding hydrogens is 368 g/mol. The van der Waals surface area contributed by atoms with Crippen molar-refractivity contribution in [3.8, 4) is 0 Å². The molecule has 4 rings (SSSR count). The Kier molecular flexibility index (Phi) is 6.77. The largest absolute Gasteiger partial charge is 0.339 e. The zero-order chi connectivity index (χ0) is 21.1. The molecule has 1 aromatic heterocycles. The smallest absolute Gasteiger partial charge is 0.159 e. The van der Waals surface area contributed by atoms with E-state index in [2.05, 4.69) is 47.6 Å². The minimum absolute atomic E-state index is 0.166. The average molecular weight is 407 g/mol. The predicted octanol–water partition coefficient (Wildman–Crippen LogP) is 6.66. The van der Waals surface area contributed by atoms with Crippen molar-refractivity contribution in [1.82, 2.24) is 9.47 Å². The van der Waals surface area contributed by atoms with Crippen molar-refractivity contribution in [1.29, 1.82) is 0 Å². The molecule has 0 radical (unpaired) electrons. The lowest BCUT2D eigenvalue weighted by molar-refractivity contribution is 0.101. The summed E-state index contributed by atoms with van der Waals surface area (Å²) in [6, 6.07) is 6.41. The van der Waals surface area contributed by atoms with Crippen LogP contribution in [0.1, 0.15) is 93.3 Å². The molecule has 2 aromatic rings. The highest BCUT2D eigenvalue weighted by Gasteiger charge is 2.31. The van der Waals surface area contributed by atoms with Gasteiger partial charge in [0.2, 0.25) is 0 Å². The van der Waals surface area contributed by atoms with Crippen LogP contribution in [-0.4, -0.2) is 34.9 Å². The summed E-state index contributed by atoms with van der Waals surface area (Å²) in [5, 5.41) is 1.33. The van der Waals surface area contributed by atoms with E-state index in [0.29, 0.717) is 11.8 Å². The maximum atomic E-state index is 12.2. The molecule has 1 aromatic carbocycles.